The fourth-order valence-corrected chi connectivity index (χ4v) is 2.32. The minimum absolute atomic E-state index is 0.0169. The number of carbonyl (C=O) groups excluding carboxylic acids is 3. The smallest absolute Gasteiger partial charge is 0.419 e. The zero-order valence-corrected chi connectivity index (χ0v) is 14.3. The first-order valence-electron chi connectivity index (χ1n) is 6.13. The molecule has 21 heavy (non-hydrogen) atoms. The van der Waals surface area contributed by atoms with Crippen LogP contribution < -0.4 is 0 Å². The number of rotatable bonds is 2. The SMILES string of the molecule is CCOC(=O)[C@]1(C#N)C=C(I)C(=O)N1C(=O)OC(C)(C)C. The van der Waals surface area contributed by atoms with Crippen LogP contribution >= 0.6 is 22.6 Å². The molecule has 1 atom stereocenters. The summed E-state index contributed by atoms with van der Waals surface area (Å²) in [5.74, 6) is -1.75. The highest BCUT2D eigenvalue weighted by Gasteiger charge is 2.56. The number of carbonyl (C=O) groups is 3. The monoisotopic (exact) mass is 406 g/mol. The van der Waals surface area contributed by atoms with E-state index >= 15 is 0 Å². The van der Waals surface area contributed by atoms with Crippen molar-refractivity contribution in [3.63, 3.8) is 0 Å². The van der Waals surface area contributed by atoms with Gasteiger partial charge in [-0.2, -0.15) is 5.26 Å². The van der Waals surface area contributed by atoms with Crippen LogP contribution in [0.1, 0.15) is 27.7 Å². The molecule has 1 aliphatic rings. The number of hydrogen-bond donors (Lipinski definition) is 0. The molecule has 0 unspecified atom stereocenters. The maximum absolute atomic E-state index is 12.2. The summed E-state index contributed by atoms with van der Waals surface area (Å²) in [6.45, 7) is 6.42. The fourth-order valence-electron chi connectivity index (χ4n) is 1.63. The van der Waals surface area contributed by atoms with Crippen molar-refractivity contribution >= 4 is 40.6 Å². The predicted molar refractivity (Wildman–Crippen MR) is 80.2 cm³/mol. The van der Waals surface area contributed by atoms with Gasteiger partial charge in [-0.1, -0.05) is 0 Å². The molecular formula is C13H15IN2O5. The normalized spacial score (nSPS) is 21.6. The molecule has 0 N–H and O–H groups in total. The Labute approximate surface area is 136 Å². The first-order chi connectivity index (χ1) is 9.59. The highest BCUT2D eigenvalue weighted by molar-refractivity contribution is 14.1. The third-order valence-corrected chi connectivity index (χ3v) is 3.20. The van der Waals surface area contributed by atoms with Gasteiger partial charge in [-0.05, 0) is 56.4 Å². The third-order valence-electron chi connectivity index (χ3n) is 2.43. The minimum atomic E-state index is -2.12. The second-order valence-electron chi connectivity index (χ2n) is 5.21. The Morgan fingerprint density at radius 3 is 2.48 bits per heavy atom. The lowest BCUT2D eigenvalue weighted by Gasteiger charge is -2.30. The van der Waals surface area contributed by atoms with Crippen LogP contribution in [0.2, 0.25) is 0 Å². The van der Waals surface area contributed by atoms with Gasteiger partial charge >= 0.3 is 12.1 Å². The van der Waals surface area contributed by atoms with E-state index in [0.717, 1.165) is 6.08 Å². The largest absolute Gasteiger partial charge is 0.463 e. The Balaban J connectivity index is 3.27. The molecule has 0 aromatic heterocycles. The van der Waals surface area contributed by atoms with Gasteiger partial charge in [0.15, 0.2) is 0 Å². The highest BCUT2D eigenvalue weighted by atomic mass is 127. The van der Waals surface area contributed by atoms with Gasteiger partial charge < -0.3 is 9.47 Å². The van der Waals surface area contributed by atoms with Crippen molar-refractivity contribution in [3.05, 3.63) is 9.66 Å². The predicted octanol–water partition coefficient (Wildman–Crippen LogP) is 1.91. The van der Waals surface area contributed by atoms with Crippen molar-refractivity contribution < 1.29 is 23.9 Å². The molecule has 0 saturated carbocycles. The van der Waals surface area contributed by atoms with Crippen molar-refractivity contribution in [3.8, 4) is 6.07 Å². The molecule has 8 heteroatoms. The lowest BCUT2D eigenvalue weighted by atomic mass is 10.0. The molecule has 0 aromatic rings. The van der Waals surface area contributed by atoms with E-state index in [0.29, 0.717) is 4.90 Å². The summed E-state index contributed by atoms with van der Waals surface area (Å²) in [5, 5.41) is 9.37. The van der Waals surface area contributed by atoms with Crippen LogP contribution in [0.5, 0.6) is 0 Å². The van der Waals surface area contributed by atoms with Gasteiger partial charge in [0.25, 0.3) is 11.4 Å². The van der Waals surface area contributed by atoms with E-state index < -0.39 is 29.1 Å². The van der Waals surface area contributed by atoms with Crippen molar-refractivity contribution in [1.29, 1.82) is 5.26 Å². The summed E-state index contributed by atoms with van der Waals surface area (Å²) < 4.78 is 9.99. The molecular weight excluding hydrogens is 391 g/mol. The summed E-state index contributed by atoms with van der Waals surface area (Å²) in [6, 6.07) is 1.69. The van der Waals surface area contributed by atoms with Crippen molar-refractivity contribution in [1.82, 2.24) is 4.90 Å². The number of ether oxygens (including phenoxy) is 2. The van der Waals surface area contributed by atoms with E-state index in [-0.39, 0.29) is 10.2 Å². The quantitative estimate of drug-likeness (QED) is 0.514. The third kappa shape index (κ3) is 3.34. The zero-order chi connectivity index (χ0) is 16.4. The van der Waals surface area contributed by atoms with Crippen LogP contribution in [0.15, 0.2) is 9.66 Å². The average molecular weight is 406 g/mol. The van der Waals surface area contributed by atoms with Gasteiger partial charge in [0.1, 0.15) is 11.7 Å². The summed E-state index contributed by atoms with van der Waals surface area (Å²) in [7, 11) is 0. The molecule has 2 amide bonds. The average Bonchev–Trinajstić information content (AvgIpc) is 2.61. The molecule has 7 nitrogen and oxygen atoms in total. The van der Waals surface area contributed by atoms with E-state index in [1.807, 2.05) is 0 Å². The molecule has 0 saturated heterocycles. The van der Waals surface area contributed by atoms with Crippen molar-refractivity contribution in [2.45, 2.75) is 38.8 Å². The number of hydrogen-bond acceptors (Lipinski definition) is 6. The van der Waals surface area contributed by atoms with Crippen LogP contribution in [0.4, 0.5) is 4.79 Å². The van der Waals surface area contributed by atoms with E-state index in [9.17, 15) is 19.6 Å². The standard InChI is InChI=1S/C13H15IN2O5/c1-5-20-10(18)13(7-15)6-8(14)9(17)16(13)11(19)21-12(2,3)4/h6H,5H2,1-4H3/t13-/m1/s1. The number of imide groups is 1. The Kier molecular flexibility index (Phi) is 4.99. The summed E-state index contributed by atoms with van der Waals surface area (Å²) in [5.41, 5.74) is -2.99. The maximum atomic E-state index is 12.2. The molecule has 0 radical (unpaired) electrons. The van der Waals surface area contributed by atoms with Gasteiger partial charge in [0.2, 0.25) is 0 Å². The molecule has 1 rings (SSSR count). The summed E-state index contributed by atoms with van der Waals surface area (Å²) in [4.78, 5) is 36.9. The van der Waals surface area contributed by atoms with Crippen molar-refractivity contribution in [2.24, 2.45) is 0 Å². The number of halogens is 1. The van der Waals surface area contributed by atoms with Crippen LogP contribution in [-0.2, 0) is 19.1 Å². The van der Waals surface area contributed by atoms with Crippen LogP contribution in [0, 0.1) is 11.3 Å². The fraction of sp³-hybridized carbons (Fsp3) is 0.538. The second kappa shape index (κ2) is 6.01. The lowest BCUT2D eigenvalue weighted by molar-refractivity contribution is -0.153. The molecule has 0 aliphatic carbocycles. The van der Waals surface area contributed by atoms with Crippen LogP contribution in [0.25, 0.3) is 0 Å². The minimum Gasteiger partial charge on any atom is -0.463 e. The summed E-state index contributed by atoms with van der Waals surface area (Å²) >= 11 is 1.66. The van der Waals surface area contributed by atoms with Crippen LogP contribution in [0.3, 0.4) is 0 Å². The number of nitriles is 1. The van der Waals surface area contributed by atoms with Gasteiger partial charge in [0, 0.05) is 0 Å². The molecule has 1 heterocycles. The van der Waals surface area contributed by atoms with E-state index in [2.05, 4.69) is 0 Å². The zero-order valence-electron chi connectivity index (χ0n) is 12.1. The first kappa shape index (κ1) is 17.4. The molecule has 1 aliphatic heterocycles. The molecule has 0 bridgehead atoms. The lowest BCUT2D eigenvalue weighted by Crippen LogP contribution is -2.56. The van der Waals surface area contributed by atoms with E-state index in [1.165, 1.54) is 0 Å². The Bertz CT molecular complexity index is 558. The molecule has 0 fully saturated rings. The summed E-state index contributed by atoms with van der Waals surface area (Å²) in [6.07, 6.45) is 0.0441. The molecule has 0 spiro atoms. The van der Waals surface area contributed by atoms with Crippen molar-refractivity contribution in [2.75, 3.05) is 6.61 Å². The maximum Gasteiger partial charge on any atom is 0.419 e. The number of amides is 2. The molecule has 114 valence electrons. The van der Waals surface area contributed by atoms with E-state index in [1.54, 1.807) is 56.4 Å². The molecule has 0 aromatic carbocycles. The van der Waals surface area contributed by atoms with E-state index in [4.69, 9.17) is 9.47 Å². The number of nitrogens with zero attached hydrogens (tertiary/aromatic N) is 2. The Hall–Kier alpha value is -1.63. The second-order valence-corrected chi connectivity index (χ2v) is 6.37. The Morgan fingerprint density at radius 2 is 2.05 bits per heavy atom. The van der Waals surface area contributed by atoms with Gasteiger partial charge in [-0.3, -0.25) is 4.79 Å². The van der Waals surface area contributed by atoms with Gasteiger partial charge in [-0.25, -0.2) is 14.5 Å². The topological polar surface area (TPSA) is 96.7 Å². The van der Waals surface area contributed by atoms with Crippen LogP contribution in [-0.4, -0.2) is 40.6 Å². The van der Waals surface area contributed by atoms with Gasteiger partial charge in [-0.15, -0.1) is 0 Å². The number of esters is 1. The first-order valence-corrected chi connectivity index (χ1v) is 7.21. The van der Waals surface area contributed by atoms with Gasteiger partial charge in [0.05, 0.1) is 10.2 Å². The Morgan fingerprint density at radius 1 is 1.48 bits per heavy atom. The highest BCUT2D eigenvalue weighted by Crippen LogP contribution is 2.34.